The molecule has 9 heteroatoms. The molecule has 5 N–H and O–H groups in total. The van der Waals surface area contributed by atoms with Crippen molar-refractivity contribution in [2.24, 2.45) is 5.92 Å². The number of phenols is 1. The number of amides is 2. The molecular formula is C28H37N3O6. The van der Waals surface area contributed by atoms with Crippen molar-refractivity contribution >= 4 is 11.8 Å². The number of carbonyl (C=O) groups excluding carboxylic acids is 2. The fourth-order valence-corrected chi connectivity index (χ4v) is 7.23. The topological polar surface area (TPSA) is 131 Å². The summed E-state index contributed by atoms with van der Waals surface area (Å²) in [5.74, 6) is -0.299. The highest BCUT2D eigenvalue weighted by molar-refractivity contribution is 5.99. The molecule has 1 aromatic rings. The third kappa shape index (κ3) is 3.36. The van der Waals surface area contributed by atoms with Crippen LogP contribution in [0.15, 0.2) is 23.5 Å². The first-order valence-electron chi connectivity index (χ1n) is 13.4. The summed E-state index contributed by atoms with van der Waals surface area (Å²) in [6, 6.07) is 3.15. The Morgan fingerprint density at radius 3 is 2.65 bits per heavy atom. The Bertz CT molecular complexity index is 1220. The number of piperidine rings is 1. The minimum Gasteiger partial charge on any atom is -0.508 e. The first-order chi connectivity index (χ1) is 17.4. The van der Waals surface area contributed by atoms with Crippen molar-refractivity contribution in [3.63, 3.8) is 0 Å². The van der Waals surface area contributed by atoms with Crippen LogP contribution in [0.1, 0.15) is 64.5 Å². The first-order valence-corrected chi connectivity index (χ1v) is 13.4. The quantitative estimate of drug-likeness (QED) is 0.394. The highest BCUT2D eigenvalue weighted by Gasteiger charge is 2.73. The van der Waals surface area contributed by atoms with E-state index in [1.165, 1.54) is 12.8 Å². The summed E-state index contributed by atoms with van der Waals surface area (Å²) >= 11 is 0. The van der Waals surface area contributed by atoms with Gasteiger partial charge < -0.3 is 30.7 Å². The Balaban J connectivity index is 1.43. The van der Waals surface area contributed by atoms with Crippen molar-refractivity contribution in [1.29, 1.82) is 0 Å². The van der Waals surface area contributed by atoms with E-state index >= 15 is 0 Å². The Morgan fingerprint density at radius 2 is 1.97 bits per heavy atom. The Kier molecular flexibility index (Phi) is 5.22. The van der Waals surface area contributed by atoms with Crippen molar-refractivity contribution in [2.45, 2.75) is 94.5 Å². The molecule has 1 spiro atoms. The van der Waals surface area contributed by atoms with Gasteiger partial charge in [0.05, 0.1) is 16.6 Å². The molecule has 4 atom stereocenters. The Labute approximate surface area is 216 Å². The van der Waals surface area contributed by atoms with Crippen LogP contribution in [0.25, 0.3) is 0 Å². The monoisotopic (exact) mass is 511 g/mol. The van der Waals surface area contributed by atoms with Crippen LogP contribution >= 0.6 is 0 Å². The number of hydrogen-bond donors (Lipinski definition) is 5. The third-order valence-electron chi connectivity index (χ3n) is 9.20. The van der Waals surface area contributed by atoms with E-state index in [2.05, 4.69) is 15.5 Å². The zero-order valence-electron chi connectivity index (χ0n) is 21.9. The van der Waals surface area contributed by atoms with E-state index in [9.17, 15) is 24.9 Å². The summed E-state index contributed by atoms with van der Waals surface area (Å²) in [7, 11) is 0. The van der Waals surface area contributed by atoms with Gasteiger partial charge in [-0.25, -0.2) is 0 Å². The number of aliphatic hydroxyl groups excluding tert-OH is 1. The van der Waals surface area contributed by atoms with Crippen LogP contribution in [0.3, 0.4) is 0 Å². The Hall–Kier alpha value is -2.78. The van der Waals surface area contributed by atoms with Crippen molar-refractivity contribution in [1.82, 2.24) is 15.5 Å². The largest absolute Gasteiger partial charge is 0.508 e. The van der Waals surface area contributed by atoms with E-state index in [0.29, 0.717) is 24.5 Å². The lowest BCUT2D eigenvalue weighted by Crippen LogP contribution is -2.76. The predicted octanol–water partition coefficient (Wildman–Crippen LogP) is 1.80. The number of ether oxygens (including phenoxy) is 1. The smallest absolute Gasteiger partial charge is 0.251 e. The molecule has 0 aromatic heterocycles. The molecule has 5 aliphatic rings. The maximum atomic E-state index is 13.6. The molecule has 2 fully saturated rings. The number of aliphatic hydroxyl groups is 2. The molecular weight excluding hydrogens is 474 g/mol. The summed E-state index contributed by atoms with van der Waals surface area (Å²) in [5.41, 5.74) is -1.78. The van der Waals surface area contributed by atoms with Gasteiger partial charge in [-0.1, -0.05) is 6.07 Å². The second kappa shape index (κ2) is 7.86. The average molecular weight is 512 g/mol. The molecule has 2 heterocycles. The third-order valence-corrected chi connectivity index (χ3v) is 9.20. The molecule has 1 saturated carbocycles. The number of nitrogens with one attached hydrogen (secondary N) is 2. The van der Waals surface area contributed by atoms with Gasteiger partial charge in [-0.15, -0.1) is 0 Å². The zero-order chi connectivity index (χ0) is 26.5. The van der Waals surface area contributed by atoms with Gasteiger partial charge in [-0.05, 0) is 77.5 Å². The Morgan fingerprint density at radius 1 is 1.24 bits per heavy atom. The summed E-state index contributed by atoms with van der Waals surface area (Å²) in [5, 5.41) is 40.4. The maximum Gasteiger partial charge on any atom is 0.251 e. The lowest BCUT2D eigenvalue weighted by molar-refractivity contribution is -0.172. The van der Waals surface area contributed by atoms with Gasteiger partial charge in [0, 0.05) is 30.6 Å². The molecule has 6 rings (SSSR count). The van der Waals surface area contributed by atoms with Crippen LogP contribution < -0.4 is 15.4 Å². The summed E-state index contributed by atoms with van der Waals surface area (Å²) < 4.78 is 6.23. The van der Waals surface area contributed by atoms with Crippen LogP contribution in [-0.2, 0) is 21.4 Å². The molecule has 2 amide bonds. The zero-order valence-corrected chi connectivity index (χ0v) is 21.9. The number of hydrogen-bond acceptors (Lipinski definition) is 7. The van der Waals surface area contributed by atoms with Crippen LogP contribution in [0.4, 0.5) is 0 Å². The fraction of sp³-hybridized carbons (Fsp3) is 0.643. The molecule has 200 valence electrons. The van der Waals surface area contributed by atoms with E-state index in [0.717, 1.165) is 24.2 Å². The van der Waals surface area contributed by atoms with Crippen molar-refractivity contribution in [3.8, 4) is 11.5 Å². The van der Waals surface area contributed by atoms with Crippen molar-refractivity contribution < 1.29 is 29.6 Å². The van der Waals surface area contributed by atoms with Gasteiger partial charge in [0.1, 0.15) is 11.3 Å². The van der Waals surface area contributed by atoms with Gasteiger partial charge >= 0.3 is 0 Å². The second-order valence-electron chi connectivity index (χ2n) is 12.5. The SMILES string of the molecule is CC(C)NC(=O)C(C)(C)NC(=O)C1=C(O)[C@@H]2Oc3c(O)ccc4c3[C@@]23CCN(CC2CC2)[C@H](C4)[C@]3(O)C1. The highest BCUT2D eigenvalue weighted by Crippen LogP contribution is 2.66. The van der Waals surface area contributed by atoms with Crippen LogP contribution in [0.5, 0.6) is 11.5 Å². The predicted molar refractivity (Wildman–Crippen MR) is 135 cm³/mol. The molecule has 9 nitrogen and oxygen atoms in total. The van der Waals surface area contributed by atoms with Crippen molar-refractivity contribution in [3.05, 3.63) is 34.6 Å². The number of likely N-dealkylation sites (tertiary alicyclic amines) is 1. The summed E-state index contributed by atoms with van der Waals surface area (Å²) in [6.45, 7) is 8.54. The van der Waals surface area contributed by atoms with Gasteiger partial charge in [-0.2, -0.15) is 0 Å². The second-order valence-corrected chi connectivity index (χ2v) is 12.5. The van der Waals surface area contributed by atoms with E-state index in [-0.39, 0.29) is 41.5 Å². The van der Waals surface area contributed by atoms with Gasteiger partial charge in [0.15, 0.2) is 17.6 Å². The molecule has 1 aromatic carbocycles. The van der Waals surface area contributed by atoms with Crippen molar-refractivity contribution in [2.75, 3.05) is 13.1 Å². The van der Waals surface area contributed by atoms with Crippen LogP contribution in [0.2, 0.25) is 0 Å². The van der Waals surface area contributed by atoms with E-state index in [1.54, 1.807) is 19.9 Å². The summed E-state index contributed by atoms with van der Waals surface area (Å²) in [6.07, 6.45) is 2.44. The van der Waals surface area contributed by atoms with E-state index < -0.39 is 28.6 Å². The minimum absolute atomic E-state index is 0.0302. The minimum atomic E-state index is -1.39. The standard InChI is InChI=1S/C28H37N3O6/c1-14(2)29-25(35)26(3,4)30-24(34)17-12-28(36)19-11-16-7-8-18(32)22-20(16)27(28,23(37-22)21(17)33)9-10-31(19)13-15-5-6-15/h7-8,14-15,19,23,32-33,36H,5-6,9-13H2,1-4H3,(H,29,35)(H,30,34)/t19-,23+,27+,28-/m1/s1. The fourth-order valence-electron chi connectivity index (χ4n) is 7.23. The molecule has 2 bridgehead atoms. The highest BCUT2D eigenvalue weighted by atomic mass is 16.5. The lowest BCUT2D eigenvalue weighted by atomic mass is 9.49. The summed E-state index contributed by atoms with van der Waals surface area (Å²) in [4.78, 5) is 28.7. The number of rotatable bonds is 6. The number of phenolic OH excluding ortho intramolecular Hbond substituents is 1. The van der Waals surface area contributed by atoms with Crippen LogP contribution in [0, 0.1) is 5.92 Å². The molecule has 0 unspecified atom stereocenters. The molecule has 2 aliphatic heterocycles. The van der Waals surface area contributed by atoms with E-state index in [1.807, 2.05) is 19.9 Å². The average Bonchev–Trinajstić information content (AvgIpc) is 3.55. The van der Waals surface area contributed by atoms with Gasteiger partial charge in [-0.3, -0.25) is 14.5 Å². The number of nitrogens with zero attached hydrogens (tertiary/aromatic N) is 1. The number of aromatic hydroxyl groups is 1. The van der Waals surface area contributed by atoms with Crippen LogP contribution in [-0.4, -0.2) is 74.5 Å². The first kappa shape index (κ1) is 24.6. The number of carbonyl (C=O) groups is 2. The maximum absolute atomic E-state index is 13.6. The van der Waals surface area contributed by atoms with E-state index in [4.69, 9.17) is 4.74 Å². The molecule has 3 aliphatic carbocycles. The van der Waals surface area contributed by atoms with Gasteiger partial charge in [0.2, 0.25) is 5.91 Å². The number of benzene rings is 1. The van der Waals surface area contributed by atoms with Gasteiger partial charge in [0.25, 0.3) is 5.91 Å². The molecule has 37 heavy (non-hydrogen) atoms. The molecule has 1 saturated heterocycles. The normalized spacial score (nSPS) is 32.2. The lowest BCUT2D eigenvalue weighted by Gasteiger charge is -2.62. The molecule has 0 radical (unpaired) electrons.